The van der Waals surface area contributed by atoms with E-state index in [1.165, 1.54) is 11.1 Å². The van der Waals surface area contributed by atoms with Gasteiger partial charge in [-0.25, -0.2) is 15.0 Å². The minimum Gasteiger partial charge on any atom is -0.236 e. The quantitative estimate of drug-likeness (QED) is 0.263. The molecule has 0 saturated carbocycles. The standard InChI is InChI=1S/C20H16ClN3S/c1-12-7-8-14-9-15(19(21)24-18(14)13(12)2)10-25-20-16-5-3-4-6-17(16)22-11-23-20/h3-9,11H,10H2,1-2H3. The Hall–Kier alpha value is -2.17. The molecule has 0 spiro atoms. The summed E-state index contributed by atoms with van der Waals surface area (Å²) in [5.41, 5.74) is 5.36. The number of aromatic nitrogens is 3. The van der Waals surface area contributed by atoms with Gasteiger partial charge in [0.1, 0.15) is 16.5 Å². The first-order chi connectivity index (χ1) is 12.1. The van der Waals surface area contributed by atoms with Crippen LogP contribution in [0.1, 0.15) is 16.7 Å². The van der Waals surface area contributed by atoms with Gasteiger partial charge in [-0.05, 0) is 37.1 Å². The molecular formula is C20H16ClN3S. The van der Waals surface area contributed by atoms with Gasteiger partial charge in [0.05, 0.1) is 11.0 Å². The second-order valence-electron chi connectivity index (χ2n) is 6.00. The number of fused-ring (bicyclic) bond motifs is 2. The minimum atomic E-state index is 0.562. The number of thioether (sulfide) groups is 1. The van der Waals surface area contributed by atoms with Gasteiger partial charge in [0, 0.05) is 22.1 Å². The lowest BCUT2D eigenvalue weighted by atomic mass is 10.0. The monoisotopic (exact) mass is 365 g/mol. The second-order valence-corrected chi connectivity index (χ2v) is 7.32. The van der Waals surface area contributed by atoms with E-state index in [4.69, 9.17) is 11.6 Å². The summed E-state index contributed by atoms with van der Waals surface area (Å²) in [5, 5.41) is 3.70. The predicted octanol–water partition coefficient (Wildman–Crippen LogP) is 5.74. The number of benzene rings is 2. The van der Waals surface area contributed by atoms with Gasteiger partial charge in [-0.1, -0.05) is 41.9 Å². The smallest absolute Gasteiger partial charge is 0.133 e. The molecule has 0 saturated heterocycles. The van der Waals surface area contributed by atoms with E-state index in [2.05, 4.69) is 47.0 Å². The van der Waals surface area contributed by atoms with Crippen LogP contribution < -0.4 is 0 Å². The van der Waals surface area contributed by atoms with E-state index in [0.29, 0.717) is 5.15 Å². The summed E-state index contributed by atoms with van der Waals surface area (Å²) in [6.07, 6.45) is 1.61. The highest BCUT2D eigenvalue weighted by Crippen LogP contribution is 2.31. The van der Waals surface area contributed by atoms with Crippen LogP contribution in [0.5, 0.6) is 0 Å². The maximum Gasteiger partial charge on any atom is 0.133 e. The van der Waals surface area contributed by atoms with Crippen LogP contribution in [0.15, 0.2) is 53.8 Å². The molecule has 25 heavy (non-hydrogen) atoms. The van der Waals surface area contributed by atoms with Crippen LogP contribution in [0.3, 0.4) is 0 Å². The zero-order valence-electron chi connectivity index (χ0n) is 14.0. The van der Waals surface area contributed by atoms with E-state index in [0.717, 1.165) is 38.1 Å². The Kier molecular flexibility index (Phi) is 4.32. The van der Waals surface area contributed by atoms with Gasteiger partial charge in [-0.3, -0.25) is 0 Å². The molecule has 0 bridgehead atoms. The highest BCUT2D eigenvalue weighted by Gasteiger charge is 2.10. The van der Waals surface area contributed by atoms with E-state index >= 15 is 0 Å². The number of nitrogens with zero attached hydrogens (tertiary/aromatic N) is 3. The molecule has 0 fully saturated rings. The summed E-state index contributed by atoms with van der Waals surface area (Å²) in [6.45, 7) is 4.18. The molecule has 3 nitrogen and oxygen atoms in total. The first-order valence-corrected chi connectivity index (χ1v) is 9.38. The number of hydrogen-bond acceptors (Lipinski definition) is 4. The first kappa shape index (κ1) is 16.3. The van der Waals surface area contributed by atoms with Crippen molar-refractivity contribution in [3.05, 3.63) is 70.6 Å². The maximum atomic E-state index is 6.45. The Morgan fingerprint density at radius 2 is 1.88 bits per heavy atom. The van der Waals surface area contributed by atoms with Gasteiger partial charge in [0.25, 0.3) is 0 Å². The molecule has 2 aromatic carbocycles. The lowest BCUT2D eigenvalue weighted by molar-refractivity contribution is 1.10. The van der Waals surface area contributed by atoms with Crippen molar-refractivity contribution in [1.29, 1.82) is 0 Å². The van der Waals surface area contributed by atoms with Crippen molar-refractivity contribution < 1.29 is 0 Å². The molecule has 4 rings (SSSR count). The van der Waals surface area contributed by atoms with Crippen molar-refractivity contribution in [1.82, 2.24) is 15.0 Å². The molecule has 4 aromatic rings. The Balaban J connectivity index is 1.69. The highest BCUT2D eigenvalue weighted by atomic mass is 35.5. The van der Waals surface area contributed by atoms with Crippen molar-refractivity contribution in [3.63, 3.8) is 0 Å². The SMILES string of the molecule is Cc1ccc2cc(CSc3ncnc4ccccc34)c(Cl)nc2c1C. The normalized spacial score (nSPS) is 11.3. The summed E-state index contributed by atoms with van der Waals surface area (Å²) < 4.78 is 0. The van der Waals surface area contributed by atoms with E-state index in [1.807, 2.05) is 24.3 Å². The number of hydrogen-bond donors (Lipinski definition) is 0. The molecule has 0 radical (unpaired) electrons. The second kappa shape index (κ2) is 6.62. The third-order valence-electron chi connectivity index (χ3n) is 4.41. The molecule has 0 unspecified atom stereocenters. The van der Waals surface area contributed by atoms with Crippen LogP contribution in [0.4, 0.5) is 0 Å². The molecule has 2 heterocycles. The number of rotatable bonds is 3. The van der Waals surface area contributed by atoms with Crippen molar-refractivity contribution >= 4 is 45.2 Å². The molecule has 124 valence electrons. The molecule has 0 aliphatic heterocycles. The van der Waals surface area contributed by atoms with Crippen LogP contribution in [0.2, 0.25) is 5.15 Å². The van der Waals surface area contributed by atoms with Crippen molar-refractivity contribution in [2.45, 2.75) is 24.6 Å². The Labute approximate surface area is 155 Å². The molecule has 0 aliphatic carbocycles. The lowest BCUT2D eigenvalue weighted by Gasteiger charge is -2.10. The van der Waals surface area contributed by atoms with Crippen molar-refractivity contribution in [3.8, 4) is 0 Å². The maximum absolute atomic E-state index is 6.45. The molecule has 0 atom stereocenters. The zero-order chi connectivity index (χ0) is 17.4. The average molecular weight is 366 g/mol. The molecule has 0 amide bonds. The topological polar surface area (TPSA) is 38.7 Å². The zero-order valence-corrected chi connectivity index (χ0v) is 15.5. The Bertz CT molecular complexity index is 1090. The first-order valence-electron chi connectivity index (χ1n) is 8.01. The number of halogens is 1. The third kappa shape index (κ3) is 3.08. The number of pyridine rings is 1. The van der Waals surface area contributed by atoms with Crippen molar-refractivity contribution in [2.75, 3.05) is 0 Å². The van der Waals surface area contributed by atoms with Crippen LogP contribution in [0.25, 0.3) is 21.8 Å². The average Bonchev–Trinajstić information content (AvgIpc) is 2.64. The largest absolute Gasteiger partial charge is 0.236 e. The molecular weight excluding hydrogens is 350 g/mol. The third-order valence-corrected chi connectivity index (χ3v) is 5.79. The van der Waals surface area contributed by atoms with E-state index in [-0.39, 0.29) is 0 Å². The van der Waals surface area contributed by atoms with Gasteiger partial charge >= 0.3 is 0 Å². The summed E-state index contributed by atoms with van der Waals surface area (Å²) in [4.78, 5) is 13.4. The lowest BCUT2D eigenvalue weighted by Crippen LogP contribution is -1.93. The van der Waals surface area contributed by atoms with Gasteiger partial charge in [-0.15, -0.1) is 11.8 Å². The summed E-state index contributed by atoms with van der Waals surface area (Å²) >= 11 is 8.11. The summed E-state index contributed by atoms with van der Waals surface area (Å²) in [7, 11) is 0. The van der Waals surface area contributed by atoms with Crippen LogP contribution in [-0.2, 0) is 5.75 Å². The van der Waals surface area contributed by atoms with Crippen LogP contribution >= 0.6 is 23.4 Å². The van der Waals surface area contributed by atoms with Gasteiger partial charge in [0.15, 0.2) is 0 Å². The fraction of sp³-hybridized carbons (Fsp3) is 0.150. The fourth-order valence-corrected chi connectivity index (χ4v) is 4.09. The number of aryl methyl sites for hydroxylation is 2. The van der Waals surface area contributed by atoms with Crippen LogP contribution in [-0.4, -0.2) is 15.0 Å². The molecule has 0 aliphatic rings. The Morgan fingerprint density at radius 3 is 2.76 bits per heavy atom. The van der Waals surface area contributed by atoms with Gasteiger partial charge < -0.3 is 0 Å². The minimum absolute atomic E-state index is 0.562. The van der Waals surface area contributed by atoms with Crippen LogP contribution in [0, 0.1) is 13.8 Å². The van der Waals surface area contributed by atoms with E-state index in [9.17, 15) is 0 Å². The van der Waals surface area contributed by atoms with Crippen molar-refractivity contribution in [2.24, 2.45) is 0 Å². The highest BCUT2D eigenvalue weighted by molar-refractivity contribution is 7.98. The predicted molar refractivity (Wildman–Crippen MR) is 105 cm³/mol. The number of para-hydroxylation sites is 1. The van der Waals surface area contributed by atoms with E-state index < -0.39 is 0 Å². The van der Waals surface area contributed by atoms with E-state index in [1.54, 1.807) is 18.1 Å². The molecule has 5 heteroatoms. The molecule has 0 N–H and O–H groups in total. The van der Waals surface area contributed by atoms with Gasteiger partial charge in [0.2, 0.25) is 0 Å². The van der Waals surface area contributed by atoms with Gasteiger partial charge in [-0.2, -0.15) is 0 Å². The summed E-state index contributed by atoms with van der Waals surface area (Å²) in [5.74, 6) is 0.718. The Morgan fingerprint density at radius 1 is 1.04 bits per heavy atom. The molecule has 2 aromatic heterocycles. The summed E-state index contributed by atoms with van der Waals surface area (Å²) in [6, 6.07) is 14.4. The fourth-order valence-electron chi connectivity index (χ4n) is 2.85.